The number of hydrogen-bond acceptors (Lipinski definition) is 17. The topological polar surface area (TPSA) is 179 Å². The molecular weight excluding hydrogens is 1590 g/mol. The van der Waals surface area contributed by atoms with Crippen LogP contribution in [0.25, 0.3) is 0 Å². The van der Waals surface area contributed by atoms with E-state index >= 15 is 0 Å². The van der Waals surface area contributed by atoms with Crippen LogP contribution >= 0.6 is 0 Å². The van der Waals surface area contributed by atoms with E-state index in [-0.39, 0.29) is 145 Å². The minimum absolute atomic E-state index is 0. The third kappa shape index (κ3) is 38.9. The average Bonchev–Trinajstić information content (AvgIpc) is 3.72. The molecule has 7 aromatic rings. The predicted molar refractivity (Wildman–Crippen MR) is 366 cm³/mol. The quantitative estimate of drug-likeness (QED) is 0.0271. The number of hydrogen-bond donors (Lipinski definition) is 2. The predicted octanol–water partition coefficient (Wildman–Crippen LogP) is 11.8. The molecule has 0 saturated carbocycles. The van der Waals surface area contributed by atoms with Crippen molar-refractivity contribution in [3.8, 4) is 0 Å². The molecule has 8 unspecified atom stereocenters. The Morgan fingerprint density at radius 3 is 0.608 bits per heavy atom. The molecule has 97 heavy (non-hydrogen) atoms. The molecule has 0 saturated heterocycles. The Morgan fingerprint density at radius 2 is 0.412 bits per heavy atom. The summed E-state index contributed by atoms with van der Waals surface area (Å²) < 4.78 is 95.1. The molecule has 8 atom stereocenters. The van der Waals surface area contributed by atoms with E-state index in [1.165, 1.54) is 0 Å². The van der Waals surface area contributed by atoms with E-state index in [0.717, 1.165) is 38.9 Å². The van der Waals surface area contributed by atoms with Gasteiger partial charge < -0.3 is 81.3 Å². The molecule has 0 fully saturated rings. The van der Waals surface area contributed by atoms with Gasteiger partial charge in [0.15, 0.2) is 0 Å². The molecule has 0 aromatic heterocycles. The van der Waals surface area contributed by atoms with Crippen LogP contribution in [0.4, 0.5) is 0 Å². The molecule has 0 amide bonds. The van der Waals surface area contributed by atoms with Crippen LogP contribution in [0.5, 0.6) is 0 Å². The first kappa shape index (κ1) is 84.3. The zero-order chi connectivity index (χ0) is 66.7. The summed E-state index contributed by atoms with van der Waals surface area (Å²) in [4.78, 5) is 0. The van der Waals surface area contributed by atoms with Gasteiger partial charge in [0.25, 0.3) is 0 Å². The summed E-state index contributed by atoms with van der Waals surface area (Å²) in [5.74, 6) is 0. The minimum atomic E-state index is -0.624. The van der Waals surface area contributed by atoms with Gasteiger partial charge in [-0.15, -0.1) is 6.58 Å². The summed E-state index contributed by atoms with van der Waals surface area (Å²) in [6.45, 7) is 12.4. The van der Waals surface area contributed by atoms with E-state index in [1.807, 2.05) is 226 Å². The van der Waals surface area contributed by atoms with Gasteiger partial charge in [-0.05, 0) is 38.9 Å². The van der Waals surface area contributed by atoms with E-state index in [0.29, 0.717) is 59.5 Å². The molecule has 7 rings (SSSR count). The first-order valence-electron chi connectivity index (χ1n) is 33.1. The summed E-state index contributed by atoms with van der Waals surface area (Å²) in [6, 6.07) is 69.3. The molecule has 0 aliphatic rings. The number of aliphatic hydroxyl groups excluding tert-OH is 2. The number of ether oxygens (including phenoxy) is 15. The van der Waals surface area contributed by atoms with Gasteiger partial charge in [0.05, 0.1) is 159 Å². The molecule has 7 aromatic carbocycles. The smallest absolute Gasteiger partial charge is 0.105 e. The molecule has 19 heteroatoms. The third-order valence-electron chi connectivity index (χ3n) is 14.4. The molecule has 534 valence electrons. The first-order valence-corrected chi connectivity index (χ1v) is 33.1. The Labute approximate surface area is 602 Å². The summed E-state index contributed by atoms with van der Waals surface area (Å²) in [7, 11) is 0. The van der Waals surface area contributed by atoms with Crippen molar-refractivity contribution in [1.29, 1.82) is 0 Å². The first-order chi connectivity index (χ1) is 47.0. The number of benzene rings is 7. The van der Waals surface area contributed by atoms with Crippen LogP contribution in [0.15, 0.2) is 225 Å². The summed E-state index contributed by atoms with van der Waals surface area (Å²) in [5, 5.41) is 20.4. The van der Waals surface area contributed by atoms with Gasteiger partial charge in [0.2, 0.25) is 0 Å². The van der Waals surface area contributed by atoms with Gasteiger partial charge >= 0.3 is 0 Å². The van der Waals surface area contributed by atoms with Crippen LogP contribution in [-0.2, 0) is 158 Å². The molecule has 17 nitrogen and oxygen atoms in total. The second-order valence-electron chi connectivity index (χ2n) is 22.3. The maximum atomic E-state index is 10.2. The van der Waals surface area contributed by atoms with Crippen LogP contribution in [0, 0.1) is 0 Å². The zero-order valence-corrected chi connectivity index (χ0v) is 61.1. The number of aliphatic hydroxyl groups is 2. The van der Waals surface area contributed by atoms with Crippen molar-refractivity contribution in [3.05, 3.63) is 264 Å². The molecule has 2 radical (unpaired) electrons. The van der Waals surface area contributed by atoms with Crippen molar-refractivity contribution < 1.29 is 121 Å². The third-order valence-corrected chi connectivity index (χ3v) is 14.4. The van der Waals surface area contributed by atoms with Crippen molar-refractivity contribution in [2.75, 3.05) is 112 Å². The van der Waals surface area contributed by atoms with Gasteiger partial charge in [0, 0.05) is 40.2 Å². The van der Waals surface area contributed by atoms with Crippen LogP contribution in [0.3, 0.4) is 0 Å². The van der Waals surface area contributed by atoms with E-state index in [2.05, 4.69) is 6.58 Å². The number of rotatable bonds is 54. The average molecular weight is 1700 g/mol. The maximum Gasteiger partial charge on any atom is 0.105 e. The second-order valence-corrected chi connectivity index (χ2v) is 22.3. The molecule has 0 aliphatic carbocycles. The van der Waals surface area contributed by atoms with Crippen LogP contribution in [0.1, 0.15) is 52.8 Å². The molecule has 0 aliphatic heterocycles. The van der Waals surface area contributed by atoms with Crippen molar-refractivity contribution >= 4 is 0 Å². The maximum absolute atomic E-state index is 10.2. The Morgan fingerprint density at radius 1 is 0.247 bits per heavy atom. The van der Waals surface area contributed by atoms with Gasteiger partial charge in [-0.3, -0.25) is 0 Å². The Balaban J connectivity index is 0.00000495. The monoisotopic (exact) mass is 1700 g/mol. The van der Waals surface area contributed by atoms with Crippen molar-refractivity contribution in [1.82, 2.24) is 0 Å². The van der Waals surface area contributed by atoms with Gasteiger partial charge in [0.1, 0.15) is 48.8 Å². The Bertz CT molecular complexity index is 2880. The van der Waals surface area contributed by atoms with E-state index in [4.69, 9.17) is 71.1 Å². The largest absolute Gasteiger partial charge is 0.394 e. The summed E-state index contributed by atoms with van der Waals surface area (Å²) in [5.41, 5.74) is 7.01. The normalized spacial score (nSPS) is 13.7. The summed E-state index contributed by atoms with van der Waals surface area (Å²) in [6.07, 6.45) is -2.41. The minimum Gasteiger partial charge on any atom is -0.394 e. The fraction of sp³-hybridized carbons (Fsp3) is 0.436. The van der Waals surface area contributed by atoms with Gasteiger partial charge in [-0.2, -0.15) is 0 Å². The van der Waals surface area contributed by atoms with Crippen LogP contribution < -0.4 is 0 Å². The standard InChI is InChI=1S/C76H96O17.C2H6.2Ir/c1-2-38-79-50-71(88-43-64-28-14-5-15-29-64)51-82-55-74(91-46-67-34-20-8-21-35-67)56-84-59-75(58-83-54-72(89-44-65-30-16-6-17-31-65)52-80-48-69(39-77)86-41-62-24-10-3-11-25-62)93-61-76(92-47-68-36-22-9-23-37-68)60-85-57-73(90-45-66-32-18-7-19-33-66)53-81-49-70(40-78)87-42-63-26-12-4-13-27-63;1-2;;/h2-37,69-78H,1,38-61H2;1-2H3;;. The van der Waals surface area contributed by atoms with Crippen molar-refractivity contribution in [2.24, 2.45) is 0 Å². The SMILES string of the molecule is C=CCOCC(COCC(COCC(COCC(COCC(CO)OCc1ccccc1)OCc1ccccc1)OCC(COCC(COCC(CO)OCc1ccccc1)OCc1ccccc1)OCc1ccccc1)OCc1ccccc1)OCc1ccccc1.CC.[Ir].[Ir]. The van der Waals surface area contributed by atoms with Crippen molar-refractivity contribution in [3.63, 3.8) is 0 Å². The molecule has 0 bridgehead atoms. The van der Waals surface area contributed by atoms with Crippen LogP contribution in [0.2, 0.25) is 0 Å². The van der Waals surface area contributed by atoms with Crippen molar-refractivity contribution in [2.45, 2.75) is 109 Å². The molecular formula is C78H102Ir2O17. The fourth-order valence-corrected chi connectivity index (χ4v) is 9.20. The summed E-state index contributed by atoms with van der Waals surface area (Å²) >= 11 is 0. The fourth-order valence-electron chi connectivity index (χ4n) is 9.20. The van der Waals surface area contributed by atoms with Gasteiger partial charge in [-0.25, -0.2) is 0 Å². The Kier molecular flexibility index (Phi) is 48.4. The van der Waals surface area contributed by atoms with E-state index in [9.17, 15) is 10.2 Å². The molecule has 0 spiro atoms. The van der Waals surface area contributed by atoms with E-state index < -0.39 is 42.7 Å². The van der Waals surface area contributed by atoms with Gasteiger partial charge in [-0.1, -0.05) is 232 Å². The van der Waals surface area contributed by atoms with E-state index in [1.54, 1.807) is 6.08 Å². The zero-order valence-electron chi connectivity index (χ0n) is 56.3. The second kappa shape index (κ2) is 55.6. The molecule has 0 heterocycles. The Hall–Kier alpha value is -5.10. The molecule has 2 N–H and O–H groups in total. The van der Waals surface area contributed by atoms with Crippen LogP contribution in [-0.4, -0.2) is 171 Å².